The molecule has 0 aliphatic carbocycles. The quantitative estimate of drug-likeness (QED) is 0.537. The van der Waals surface area contributed by atoms with Gasteiger partial charge in [-0.3, -0.25) is 4.79 Å². The molecule has 2 heterocycles. The van der Waals surface area contributed by atoms with Gasteiger partial charge >= 0.3 is 0 Å². The standard InChI is InChI=1S/C22H28N4O5S/c1-3-15-31-19-8-7-18(17-20(19)30-2)22(27)24-10-16-32(28,29)26-13-11-25(12-14-26)21-6-4-5-9-23-21/h3-9,17H,1,10-16H2,2H3,(H,24,27). The molecule has 9 nitrogen and oxygen atoms in total. The molecule has 2 aromatic rings. The molecule has 172 valence electrons. The normalized spacial score (nSPS) is 14.6. The monoisotopic (exact) mass is 460 g/mol. The fourth-order valence-electron chi connectivity index (χ4n) is 3.34. The number of amides is 1. The van der Waals surface area contributed by atoms with Crippen LogP contribution in [0.1, 0.15) is 10.4 Å². The van der Waals surface area contributed by atoms with Crippen molar-refractivity contribution in [3.63, 3.8) is 0 Å². The molecule has 0 atom stereocenters. The van der Waals surface area contributed by atoms with Crippen LogP contribution in [0.3, 0.4) is 0 Å². The van der Waals surface area contributed by atoms with Gasteiger partial charge in [-0.25, -0.2) is 13.4 Å². The van der Waals surface area contributed by atoms with E-state index in [1.807, 2.05) is 18.2 Å². The number of anilines is 1. The van der Waals surface area contributed by atoms with Crippen molar-refractivity contribution in [2.45, 2.75) is 0 Å². The molecule has 10 heteroatoms. The topological polar surface area (TPSA) is 101 Å². The lowest BCUT2D eigenvalue weighted by Gasteiger charge is -2.34. The number of hydrogen-bond acceptors (Lipinski definition) is 7. The second-order valence-corrected chi connectivity index (χ2v) is 9.20. The number of benzene rings is 1. The number of sulfonamides is 1. The van der Waals surface area contributed by atoms with Gasteiger partial charge in [0.15, 0.2) is 11.5 Å². The van der Waals surface area contributed by atoms with E-state index in [9.17, 15) is 13.2 Å². The second-order valence-electron chi connectivity index (χ2n) is 7.11. The van der Waals surface area contributed by atoms with Gasteiger partial charge in [0.2, 0.25) is 10.0 Å². The molecule has 32 heavy (non-hydrogen) atoms. The van der Waals surface area contributed by atoms with Gasteiger partial charge in [0.25, 0.3) is 5.91 Å². The van der Waals surface area contributed by atoms with Crippen molar-refractivity contribution >= 4 is 21.7 Å². The number of piperazine rings is 1. The first-order valence-electron chi connectivity index (χ1n) is 10.3. The van der Waals surface area contributed by atoms with Gasteiger partial charge in [-0.1, -0.05) is 18.7 Å². The molecule has 1 aromatic carbocycles. The second kappa shape index (κ2) is 11.0. The van der Waals surface area contributed by atoms with Gasteiger partial charge in [0, 0.05) is 44.5 Å². The van der Waals surface area contributed by atoms with Crippen LogP contribution >= 0.6 is 0 Å². The first-order valence-corrected chi connectivity index (χ1v) is 11.9. The Balaban J connectivity index is 1.50. The van der Waals surface area contributed by atoms with Gasteiger partial charge in [-0.2, -0.15) is 4.31 Å². The van der Waals surface area contributed by atoms with Crippen molar-refractivity contribution in [1.82, 2.24) is 14.6 Å². The van der Waals surface area contributed by atoms with Gasteiger partial charge < -0.3 is 19.7 Å². The number of aromatic nitrogens is 1. The van der Waals surface area contributed by atoms with Crippen molar-refractivity contribution < 1.29 is 22.7 Å². The lowest BCUT2D eigenvalue weighted by molar-refractivity contribution is 0.0955. The van der Waals surface area contributed by atoms with Crippen LogP contribution in [0.5, 0.6) is 11.5 Å². The Morgan fingerprint density at radius 3 is 2.62 bits per heavy atom. The molecule has 0 bridgehead atoms. The molecule has 3 rings (SSSR count). The number of rotatable bonds is 10. The number of carbonyl (C=O) groups excluding carboxylic acids is 1. The number of nitrogens with zero attached hydrogens (tertiary/aromatic N) is 3. The molecule has 1 aromatic heterocycles. The van der Waals surface area contributed by atoms with Crippen molar-refractivity contribution in [3.8, 4) is 11.5 Å². The van der Waals surface area contributed by atoms with E-state index in [1.54, 1.807) is 30.5 Å². The van der Waals surface area contributed by atoms with Crippen LogP contribution in [0.4, 0.5) is 5.82 Å². The first kappa shape index (κ1) is 23.6. The third kappa shape index (κ3) is 5.98. The summed E-state index contributed by atoms with van der Waals surface area (Å²) in [4.78, 5) is 18.8. The number of ether oxygens (including phenoxy) is 2. The van der Waals surface area contributed by atoms with Crippen LogP contribution in [0.15, 0.2) is 55.3 Å². The van der Waals surface area contributed by atoms with Crippen molar-refractivity contribution in [2.75, 3.05) is 57.1 Å². The minimum atomic E-state index is -3.48. The highest BCUT2D eigenvalue weighted by atomic mass is 32.2. The van der Waals surface area contributed by atoms with Crippen molar-refractivity contribution in [3.05, 3.63) is 60.8 Å². The summed E-state index contributed by atoms with van der Waals surface area (Å²) in [5.41, 5.74) is 0.356. The van der Waals surface area contributed by atoms with Crippen LogP contribution in [-0.2, 0) is 10.0 Å². The summed E-state index contributed by atoms with van der Waals surface area (Å²) in [5.74, 6) is 1.20. The predicted molar refractivity (Wildman–Crippen MR) is 123 cm³/mol. The highest BCUT2D eigenvalue weighted by Crippen LogP contribution is 2.28. The zero-order valence-corrected chi connectivity index (χ0v) is 18.9. The predicted octanol–water partition coefficient (Wildman–Crippen LogP) is 1.54. The van der Waals surface area contributed by atoms with E-state index < -0.39 is 10.0 Å². The molecule has 0 saturated carbocycles. The Morgan fingerprint density at radius 2 is 1.97 bits per heavy atom. The molecule has 1 aliphatic rings. The Morgan fingerprint density at radius 1 is 1.19 bits per heavy atom. The average molecular weight is 461 g/mol. The zero-order chi connectivity index (χ0) is 23.0. The van der Waals surface area contributed by atoms with E-state index in [2.05, 4.69) is 21.8 Å². The number of pyridine rings is 1. The van der Waals surface area contributed by atoms with Crippen molar-refractivity contribution in [1.29, 1.82) is 0 Å². The maximum absolute atomic E-state index is 12.7. The fourth-order valence-corrected chi connectivity index (χ4v) is 4.68. The molecule has 1 saturated heterocycles. The van der Waals surface area contributed by atoms with Gasteiger partial charge in [0.05, 0.1) is 12.9 Å². The summed E-state index contributed by atoms with van der Waals surface area (Å²) >= 11 is 0. The largest absolute Gasteiger partial charge is 0.493 e. The molecule has 0 radical (unpaired) electrons. The summed E-state index contributed by atoms with van der Waals surface area (Å²) in [7, 11) is -2.00. The molecular weight excluding hydrogens is 432 g/mol. The Kier molecular flexibility index (Phi) is 8.07. The molecule has 1 aliphatic heterocycles. The maximum atomic E-state index is 12.7. The first-order chi connectivity index (χ1) is 15.4. The Bertz CT molecular complexity index is 1020. The van der Waals surface area contributed by atoms with E-state index in [0.29, 0.717) is 49.8 Å². The summed E-state index contributed by atoms with van der Waals surface area (Å²) in [5, 5.41) is 2.67. The maximum Gasteiger partial charge on any atom is 0.251 e. The lowest BCUT2D eigenvalue weighted by atomic mass is 10.2. The van der Waals surface area contributed by atoms with Gasteiger partial charge in [-0.15, -0.1) is 0 Å². The highest BCUT2D eigenvalue weighted by Gasteiger charge is 2.27. The summed E-state index contributed by atoms with van der Waals surface area (Å²) < 4.78 is 37.6. The third-order valence-corrected chi connectivity index (χ3v) is 6.91. The van der Waals surface area contributed by atoms with Crippen LogP contribution in [0.25, 0.3) is 0 Å². The number of carbonyl (C=O) groups is 1. The molecular formula is C22H28N4O5S. The van der Waals surface area contributed by atoms with E-state index in [4.69, 9.17) is 9.47 Å². The summed E-state index contributed by atoms with van der Waals surface area (Å²) in [6, 6.07) is 10.5. The lowest BCUT2D eigenvalue weighted by Crippen LogP contribution is -2.50. The zero-order valence-electron chi connectivity index (χ0n) is 18.1. The van der Waals surface area contributed by atoms with Crippen LogP contribution in [0, 0.1) is 0 Å². The minimum Gasteiger partial charge on any atom is -0.493 e. The third-order valence-electron chi connectivity index (χ3n) is 5.03. The van der Waals surface area contributed by atoms with E-state index >= 15 is 0 Å². The number of hydrogen-bond donors (Lipinski definition) is 1. The number of methoxy groups -OCH3 is 1. The summed E-state index contributed by atoms with van der Waals surface area (Å²) in [6.07, 6.45) is 3.33. The van der Waals surface area contributed by atoms with Crippen LogP contribution in [-0.4, -0.2) is 75.8 Å². The summed E-state index contributed by atoms with van der Waals surface area (Å²) in [6.45, 7) is 5.84. The molecule has 1 fully saturated rings. The van der Waals surface area contributed by atoms with Crippen LogP contribution in [0.2, 0.25) is 0 Å². The molecule has 0 unspecified atom stereocenters. The Labute approximate surface area is 188 Å². The Hall–Kier alpha value is -3.11. The van der Waals surface area contributed by atoms with E-state index in [0.717, 1.165) is 5.82 Å². The highest BCUT2D eigenvalue weighted by molar-refractivity contribution is 7.89. The average Bonchev–Trinajstić information content (AvgIpc) is 2.83. The molecule has 0 spiro atoms. The van der Waals surface area contributed by atoms with Crippen LogP contribution < -0.4 is 19.7 Å². The van der Waals surface area contributed by atoms with Gasteiger partial charge in [-0.05, 0) is 30.3 Å². The number of nitrogens with one attached hydrogen (secondary N) is 1. The molecule has 1 amide bonds. The van der Waals surface area contributed by atoms with Gasteiger partial charge in [0.1, 0.15) is 12.4 Å². The minimum absolute atomic E-state index is 0.0126. The SMILES string of the molecule is C=CCOc1ccc(C(=O)NCCS(=O)(=O)N2CCN(c3ccccn3)CC2)cc1OC. The van der Waals surface area contributed by atoms with Crippen molar-refractivity contribution in [2.24, 2.45) is 0 Å². The van der Waals surface area contributed by atoms with E-state index in [1.165, 1.54) is 11.4 Å². The molecule has 1 N–H and O–H groups in total. The van der Waals surface area contributed by atoms with E-state index in [-0.39, 0.29) is 18.2 Å². The smallest absolute Gasteiger partial charge is 0.251 e. The fraction of sp³-hybridized carbons (Fsp3) is 0.364.